The average molecular weight is 1110 g/mol. The highest BCUT2D eigenvalue weighted by molar-refractivity contribution is 5.76. The van der Waals surface area contributed by atoms with Crippen molar-refractivity contribution in [2.24, 2.45) is 0 Å². The Balaban J connectivity index is 3.42. The molecule has 3 N–H and O–H groups in total. The second kappa shape index (κ2) is 68.6. The number of hydrogen-bond donors (Lipinski definition) is 3. The van der Waals surface area contributed by atoms with Gasteiger partial charge < -0.3 is 20.3 Å². The summed E-state index contributed by atoms with van der Waals surface area (Å²) in [6.45, 7) is 4.91. The van der Waals surface area contributed by atoms with E-state index >= 15 is 0 Å². The summed E-state index contributed by atoms with van der Waals surface area (Å²) in [6, 6.07) is -0.631. The second-order valence-electron chi connectivity index (χ2n) is 24.6. The van der Waals surface area contributed by atoms with E-state index in [9.17, 15) is 19.8 Å². The van der Waals surface area contributed by atoms with Crippen LogP contribution in [0.5, 0.6) is 0 Å². The third kappa shape index (κ3) is 65.1. The molecule has 6 heteroatoms. The van der Waals surface area contributed by atoms with Gasteiger partial charge in [-0.25, -0.2) is 0 Å². The molecule has 0 aromatic rings. The minimum Gasteiger partial charge on any atom is -0.466 e. The number of carbonyl (C=O) groups excluding carboxylic acids is 2. The van der Waals surface area contributed by atoms with Gasteiger partial charge in [0.25, 0.3) is 0 Å². The Kier molecular flexibility index (Phi) is 66.9. The average Bonchev–Trinajstić information content (AvgIpc) is 3.45. The third-order valence-electron chi connectivity index (χ3n) is 16.7. The molecule has 2 atom stereocenters. The Bertz CT molecular complexity index is 1280. The maximum Gasteiger partial charge on any atom is 0.305 e. The zero-order valence-electron chi connectivity index (χ0n) is 53.4. The van der Waals surface area contributed by atoms with Gasteiger partial charge in [-0.15, -0.1) is 0 Å². The lowest BCUT2D eigenvalue weighted by Crippen LogP contribution is -2.45. The van der Waals surface area contributed by atoms with Crippen LogP contribution in [-0.4, -0.2) is 47.4 Å². The first-order chi connectivity index (χ1) is 39.0. The van der Waals surface area contributed by atoms with Gasteiger partial charge in [0.1, 0.15) is 0 Å². The zero-order valence-corrected chi connectivity index (χ0v) is 53.4. The topological polar surface area (TPSA) is 95.9 Å². The SMILES string of the molecule is CCCCCC/C=C\C/C=C\CCCCCCCC(=O)OCCCCCCCCCCCCCCCCCCCCCCCC(=O)NC(CO)C(O)/C=C/CCCCCCCCCCCCCCCCCCCCCCCCC. The van der Waals surface area contributed by atoms with Crippen molar-refractivity contribution in [3.63, 3.8) is 0 Å². The quantitative estimate of drug-likeness (QED) is 0.0320. The van der Waals surface area contributed by atoms with E-state index in [1.165, 1.54) is 315 Å². The number of aliphatic hydroxyl groups is 2. The first-order valence-corrected chi connectivity index (χ1v) is 35.8. The van der Waals surface area contributed by atoms with E-state index in [2.05, 4.69) is 43.5 Å². The highest BCUT2D eigenvalue weighted by Gasteiger charge is 2.18. The highest BCUT2D eigenvalue weighted by Crippen LogP contribution is 2.19. The highest BCUT2D eigenvalue weighted by atomic mass is 16.5. The first kappa shape index (κ1) is 77.1. The van der Waals surface area contributed by atoms with Crippen LogP contribution < -0.4 is 5.32 Å². The molecule has 0 rings (SSSR count). The van der Waals surface area contributed by atoms with Crippen molar-refractivity contribution in [3.8, 4) is 0 Å². The number of aliphatic hydroxyl groups excluding tert-OH is 2. The van der Waals surface area contributed by atoms with Crippen molar-refractivity contribution in [3.05, 3.63) is 36.5 Å². The van der Waals surface area contributed by atoms with Crippen molar-refractivity contribution in [2.45, 2.75) is 405 Å². The van der Waals surface area contributed by atoms with Crippen LogP contribution in [0.25, 0.3) is 0 Å². The van der Waals surface area contributed by atoms with E-state index in [0.717, 1.165) is 51.4 Å². The Labute approximate surface area is 494 Å². The van der Waals surface area contributed by atoms with Crippen molar-refractivity contribution in [1.29, 1.82) is 0 Å². The molecule has 0 aliphatic carbocycles. The number of allylic oxidation sites excluding steroid dienone is 5. The number of amides is 1. The summed E-state index contributed by atoms with van der Waals surface area (Å²) in [5.41, 5.74) is 0. The van der Waals surface area contributed by atoms with Crippen LogP contribution in [-0.2, 0) is 14.3 Å². The van der Waals surface area contributed by atoms with E-state index in [1.54, 1.807) is 6.08 Å². The minimum absolute atomic E-state index is 0.00136. The number of unbranched alkanes of at least 4 members (excludes halogenated alkanes) is 52. The summed E-state index contributed by atoms with van der Waals surface area (Å²) >= 11 is 0. The Morgan fingerprint density at radius 1 is 0.354 bits per heavy atom. The maximum absolute atomic E-state index is 12.5. The normalized spacial score (nSPS) is 12.7. The lowest BCUT2D eigenvalue weighted by atomic mass is 10.0. The fourth-order valence-electron chi connectivity index (χ4n) is 11.2. The fraction of sp³-hybridized carbons (Fsp3) is 0.890. The van der Waals surface area contributed by atoms with Gasteiger partial charge in [0.05, 0.1) is 25.4 Å². The smallest absolute Gasteiger partial charge is 0.305 e. The van der Waals surface area contributed by atoms with Crippen molar-refractivity contribution in [2.75, 3.05) is 13.2 Å². The predicted molar refractivity (Wildman–Crippen MR) is 347 cm³/mol. The molecule has 466 valence electrons. The molecule has 0 aliphatic heterocycles. The summed E-state index contributed by atoms with van der Waals surface area (Å²) in [5, 5.41) is 23.3. The molecule has 6 nitrogen and oxygen atoms in total. The van der Waals surface area contributed by atoms with Crippen LogP contribution in [0.15, 0.2) is 36.5 Å². The van der Waals surface area contributed by atoms with Gasteiger partial charge in [-0.1, -0.05) is 352 Å². The van der Waals surface area contributed by atoms with Gasteiger partial charge in [-0.2, -0.15) is 0 Å². The Morgan fingerprint density at radius 2 is 0.633 bits per heavy atom. The van der Waals surface area contributed by atoms with E-state index in [-0.39, 0.29) is 18.5 Å². The Morgan fingerprint density at radius 3 is 0.975 bits per heavy atom. The van der Waals surface area contributed by atoms with Gasteiger partial charge in [0.15, 0.2) is 0 Å². The molecule has 0 spiro atoms. The monoisotopic (exact) mass is 1110 g/mol. The lowest BCUT2D eigenvalue weighted by molar-refractivity contribution is -0.143. The number of ether oxygens (including phenoxy) is 1. The second-order valence-corrected chi connectivity index (χ2v) is 24.6. The molecular formula is C73H139NO5. The summed E-state index contributed by atoms with van der Waals surface area (Å²) in [7, 11) is 0. The molecule has 0 aromatic carbocycles. The molecule has 0 heterocycles. The lowest BCUT2D eigenvalue weighted by Gasteiger charge is -2.20. The van der Waals surface area contributed by atoms with Gasteiger partial charge in [-0.05, 0) is 64.2 Å². The third-order valence-corrected chi connectivity index (χ3v) is 16.7. The fourth-order valence-corrected chi connectivity index (χ4v) is 11.2. The molecule has 0 radical (unpaired) electrons. The molecule has 1 amide bonds. The van der Waals surface area contributed by atoms with Crippen LogP contribution >= 0.6 is 0 Å². The van der Waals surface area contributed by atoms with Crippen molar-refractivity contribution >= 4 is 11.9 Å². The van der Waals surface area contributed by atoms with Gasteiger partial charge in [0, 0.05) is 12.8 Å². The predicted octanol–water partition coefficient (Wildman–Crippen LogP) is 23.1. The molecule has 0 fully saturated rings. The molecular weight excluding hydrogens is 971 g/mol. The molecule has 0 bridgehead atoms. The van der Waals surface area contributed by atoms with E-state index < -0.39 is 12.1 Å². The summed E-state index contributed by atoms with van der Waals surface area (Å²) < 4.78 is 5.49. The van der Waals surface area contributed by atoms with Crippen molar-refractivity contribution < 1.29 is 24.5 Å². The summed E-state index contributed by atoms with van der Waals surface area (Å²) in [6.07, 6.45) is 87.9. The maximum atomic E-state index is 12.5. The number of carbonyl (C=O) groups is 2. The molecule has 0 saturated carbocycles. The van der Waals surface area contributed by atoms with Crippen LogP contribution in [0, 0.1) is 0 Å². The minimum atomic E-state index is -0.847. The number of hydrogen-bond acceptors (Lipinski definition) is 5. The molecule has 2 unspecified atom stereocenters. The Hall–Kier alpha value is -1.92. The van der Waals surface area contributed by atoms with Crippen LogP contribution in [0.4, 0.5) is 0 Å². The molecule has 0 saturated heterocycles. The number of esters is 1. The standard InChI is InChI=1S/C73H139NO5/c1-3-5-7-9-11-13-15-17-19-21-22-23-24-25-26-28-31-34-37-41-45-49-53-57-61-65-71(76)70(69-75)74-72(77)66-62-58-54-50-46-42-38-35-32-29-27-30-33-36-40-44-48-52-56-60-64-68-79-73(78)67-63-59-55-51-47-43-39-20-18-16-14-12-10-8-6-4-2/h14,16,20,39,61,65,70-71,75-76H,3-13,15,17-19,21-38,40-60,62-64,66-69H2,1-2H3,(H,74,77)/b16-14-,39-20-,65-61+. The first-order valence-electron chi connectivity index (χ1n) is 35.8. The zero-order chi connectivity index (χ0) is 57.1. The van der Waals surface area contributed by atoms with Crippen LogP contribution in [0.2, 0.25) is 0 Å². The molecule has 79 heavy (non-hydrogen) atoms. The van der Waals surface area contributed by atoms with Gasteiger partial charge >= 0.3 is 5.97 Å². The van der Waals surface area contributed by atoms with Crippen molar-refractivity contribution in [1.82, 2.24) is 5.32 Å². The largest absolute Gasteiger partial charge is 0.466 e. The van der Waals surface area contributed by atoms with Gasteiger partial charge in [-0.3, -0.25) is 9.59 Å². The van der Waals surface area contributed by atoms with Gasteiger partial charge in [0.2, 0.25) is 5.91 Å². The summed E-state index contributed by atoms with van der Waals surface area (Å²) in [5.74, 6) is -0.0664. The number of nitrogens with one attached hydrogen (secondary N) is 1. The number of rotatable bonds is 67. The van der Waals surface area contributed by atoms with Crippen LogP contribution in [0.1, 0.15) is 393 Å². The molecule has 0 aliphatic rings. The van der Waals surface area contributed by atoms with Crippen LogP contribution in [0.3, 0.4) is 0 Å². The van der Waals surface area contributed by atoms with E-state index in [4.69, 9.17) is 4.74 Å². The van der Waals surface area contributed by atoms with E-state index in [0.29, 0.717) is 19.4 Å². The molecule has 0 aromatic heterocycles. The van der Waals surface area contributed by atoms with E-state index in [1.807, 2.05) is 6.08 Å². The summed E-state index contributed by atoms with van der Waals surface area (Å²) in [4.78, 5) is 24.6.